The SMILES string of the molecule is CC(O/N=N\N(CC(=O)O)C(C)(C)C)OC(=O)c1ccccc1. The monoisotopic (exact) mass is 323 g/mol. The molecule has 1 aromatic rings. The van der Waals surface area contributed by atoms with Crippen LogP contribution in [0.4, 0.5) is 0 Å². The van der Waals surface area contributed by atoms with E-state index in [9.17, 15) is 9.59 Å². The Hall–Kier alpha value is -2.64. The fourth-order valence-electron chi connectivity index (χ4n) is 1.48. The van der Waals surface area contributed by atoms with Crippen molar-refractivity contribution >= 4 is 11.9 Å². The third-order valence-corrected chi connectivity index (χ3v) is 2.68. The summed E-state index contributed by atoms with van der Waals surface area (Å²) in [5.41, 5.74) is -0.156. The number of esters is 1. The Balaban J connectivity index is 2.55. The number of ether oxygens (including phenoxy) is 1. The largest absolute Gasteiger partial charge is 0.480 e. The molecule has 0 aliphatic rings. The van der Waals surface area contributed by atoms with Gasteiger partial charge in [0.05, 0.1) is 11.1 Å². The lowest BCUT2D eigenvalue weighted by atomic mass is 10.1. The molecule has 0 aromatic heterocycles. The smallest absolute Gasteiger partial charge is 0.341 e. The number of benzene rings is 1. The van der Waals surface area contributed by atoms with Crippen molar-refractivity contribution in [1.82, 2.24) is 5.01 Å². The standard InChI is InChI=1S/C15H21N3O5/c1-11(22-14(21)12-8-6-5-7-9-12)23-17-16-18(10-13(19)20)15(2,3)4/h5-9,11H,10H2,1-4H3,(H,19,20)/b17-16-. The quantitative estimate of drug-likeness (QED) is 0.358. The lowest BCUT2D eigenvalue weighted by molar-refractivity contribution is -0.141. The van der Waals surface area contributed by atoms with Crippen LogP contribution in [0.15, 0.2) is 40.8 Å². The highest BCUT2D eigenvalue weighted by Gasteiger charge is 2.23. The molecule has 0 aliphatic heterocycles. The molecule has 0 aliphatic carbocycles. The maximum absolute atomic E-state index is 11.8. The summed E-state index contributed by atoms with van der Waals surface area (Å²) in [6.07, 6.45) is -0.960. The summed E-state index contributed by atoms with van der Waals surface area (Å²) in [5.74, 6) is -1.59. The van der Waals surface area contributed by atoms with E-state index in [1.807, 2.05) is 0 Å². The Labute approximate surface area is 134 Å². The van der Waals surface area contributed by atoms with E-state index >= 15 is 0 Å². The van der Waals surface area contributed by atoms with E-state index in [0.29, 0.717) is 5.56 Å². The molecule has 0 saturated heterocycles. The summed E-state index contributed by atoms with van der Waals surface area (Å²) in [5, 5.41) is 17.3. The molecule has 1 atom stereocenters. The molecule has 126 valence electrons. The van der Waals surface area contributed by atoms with Crippen LogP contribution in [0.2, 0.25) is 0 Å². The predicted octanol–water partition coefficient (Wildman–Crippen LogP) is 2.67. The first-order valence-electron chi connectivity index (χ1n) is 7.02. The minimum Gasteiger partial charge on any atom is -0.480 e. The fourth-order valence-corrected chi connectivity index (χ4v) is 1.48. The van der Waals surface area contributed by atoms with Gasteiger partial charge in [-0.15, -0.1) is 0 Å². The number of hydrogen-bond acceptors (Lipinski definition) is 6. The molecule has 0 saturated carbocycles. The third-order valence-electron chi connectivity index (χ3n) is 2.68. The molecule has 0 bridgehead atoms. The van der Waals surface area contributed by atoms with Crippen LogP contribution in [0.25, 0.3) is 0 Å². The van der Waals surface area contributed by atoms with Gasteiger partial charge in [-0.1, -0.05) is 18.2 Å². The van der Waals surface area contributed by atoms with Gasteiger partial charge in [-0.3, -0.25) is 9.80 Å². The summed E-state index contributed by atoms with van der Waals surface area (Å²) in [7, 11) is 0. The molecule has 1 rings (SSSR count). The van der Waals surface area contributed by atoms with E-state index in [4.69, 9.17) is 14.7 Å². The van der Waals surface area contributed by atoms with Crippen LogP contribution < -0.4 is 0 Å². The summed E-state index contributed by atoms with van der Waals surface area (Å²) in [4.78, 5) is 27.5. The molecule has 8 nitrogen and oxygen atoms in total. The van der Waals surface area contributed by atoms with Crippen molar-refractivity contribution in [2.45, 2.75) is 39.5 Å². The van der Waals surface area contributed by atoms with Crippen molar-refractivity contribution in [2.24, 2.45) is 10.5 Å². The van der Waals surface area contributed by atoms with Gasteiger partial charge in [0.15, 0.2) is 0 Å². The van der Waals surface area contributed by atoms with E-state index in [0.717, 1.165) is 0 Å². The van der Waals surface area contributed by atoms with Gasteiger partial charge in [-0.25, -0.2) is 4.79 Å². The van der Waals surface area contributed by atoms with Crippen LogP contribution in [0.1, 0.15) is 38.1 Å². The molecule has 1 unspecified atom stereocenters. The molecule has 1 N–H and O–H groups in total. The van der Waals surface area contributed by atoms with Gasteiger partial charge in [0.1, 0.15) is 6.54 Å². The van der Waals surface area contributed by atoms with Gasteiger partial charge < -0.3 is 14.7 Å². The normalized spacial score (nSPS) is 12.7. The number of carbonyl (C=O) groups excluding carboxylic acids is 1. The van der Waals surface area contributed by atoms with Crippen LogP contribution in [0, 0.1) is 0 Å². The van der Waals surface area contributed by atoms with Crippen molar-refractivity contribution in [3.63, 3.8) is 0 Å². The fraction of sp³-hybridized carbons (Fsp3) is 0.467. The molecule has 0 amide bonds. The third kappa shape index (κ3) is 6.77. The van der Waals surface area contributed by atoms with Crippen molar-refractivity contribution in [2.75, 3.05) is 6.54 Å². The number of rotatable bonds is 7. The maximum Gasteiger partial charge on any atom is 0.341 e. The summed E-state index contributed by atoms with van der Waals surface area (Å²) in [6.45, 7) is 6.52. The van der Waals surface area contributed by atoms with Crippen molar-refractivity contribution in [1.29, 1.82) is 0 Å². The Morgan fingerprint density at radius 2 is 1.87 bits per heavy atom. The number of carboxylic acid groups (broad SMARTS) is 1. The van der Waals surface area contributed by atoms with Gasteiger partial charge in [0, 0.05) is 12.2 Å². The lowest BCUT2D eigenvalue weighted by Crippen LogP contribution is -2.40. The lowest BCUT2D eigenvalue weighted by Gasteiger charge is -2.29. The first-order chi connectivity index (χ1) is 10.7. The molecule has 0 fully saturated rings. The average Bonchev–Trinajstić information content (AvgIpc) is 2.45. The minimum atomic E-state index is -1.04. The van der Waals surface area contributed by atoms with Crippen molar-refractivity contribution in [3.8, 4) is 0 Å². The molecule has 23 heavy (non-hydrogen) atoms. The first-order valence-corrected chi connectivity index (χ1v) is 7.02. The number of hydrogen-bond donors (Lipinski definition) is 1. The van der Waals surface area contributed by atoms with Crippen molar-refractivity contribution in [3.05, 3.63) is 35.9 Å². The Bertz CT molecular complexity index is 554. The number of nitrogens with zero attached hydrogens (tertiary/aromatic N) is 3. The highest BCUT2D eigenvalue weighted by molar-refractivity contribution is 5.89. The van der Waals surface area contributed by atoms with Crippen LogP contribution in [-0.2, 0) is 14.4 Å². The zero-order valence-corrected chi connectivity index (χ0v) is 13.6. The van der Waals surface area contributed by atoms with Crippen LogP contribution in [0.5, 0.6) is 0 Å². The van der Waals surface area contributed by atoms with Crippen LogP contribution in [0.3, 0.4) is 0 Å². The van der Waals surface area contributed by atoms with E-state index in [2.05, 4.69) is 10.5 Å². The van der Waals surface area contributed by atoms with Gasteiger partial charge in [-0.05, 0) is 38.1 Å². The molecule has 0 radical (unpaired) electrons. The summed E-state index contributed by atoms with van der Waals surface area (Å²) >= 11 is 0. The van der Waals surface area contributed by atoms with Gasteiger partial charge in [0.25, 0.3) is 6.29 Å². The van der Waals surface area contributed by atoms with Crippen LogP contribution >= 0.6 is 0 Å². The van der Waals surface area contributed by atoms with E-state index in [1.165, 1.54) is 11.9 Å². The maximum atomic E-state index is 11.8. The number of aliphatic carboxylic acids is 1. The average molecular weight is 323 g/mol. The topological polar surface area (TPSA) is 101 Å². The molecule has 0 heterocycles. The molecule has 0 spiro atoms. The molecular weight excluding hydrogens is 302 g/mol. The minimum absolute atomic E-state index is 0.325. The predicted molar refractivity (Wildman–Crippen MR) is 81.4 cm³/mol. The Morgan fingerprint density at radius 1 is 1.26 bits per heavy atom. The highest BCUT2D eigenvalue weighted by Crippen LogP contribution is 2.14. The molecular formula is C15H21N3O5. The van der Waals surface area contributed by atoms with Gasteiger partial charge >= 0.3 is 11.9 Å². The summed E-state index contributed by atoms with van der Waals surface area (Å²) < 4.78 is 5.04. The second-order valence-corrected chi connectivity index (χ2v) is 5.74. The second kappa shape index (κ2) is 8.11. The second-order valence-electron chi connectivity index (χ2n) is 5.74. The van der Waals surface area contributed by atoms with E-state index < -0.39 is 23.8 Å². The number of carboxylic acids is 1. The zero-order chi connectivity index (χ0) is 17.5. The van der Waals surface area contributed by atoms with Gasteiger partial charge in [0.2, 0.25) is 0 Å². The van der Waals surface area contributed by atoms with Crippen LogP contribution in [-0.4, -0.2) is 40.4 Å². The van der Waals surface area contributed by atoms with Crippen molar-refractivity contribution < 1.29 is 24.3 Å². The zero-order valence-electron chi connectivity index (χ0n) is 13.6. The van der Waals surface area contributed by atoms with Gasteiger partial charge in [-0.2, -0.15) is 0 Å². The van der Waals surface area contributed by atoms with E-state index in [1.54, 1.807) is 51.1 Å². The first kappa shape index (κ1) is 18.4. The Kier molecular flexibility index (Phi) is 6.49. The summed E-state index contributed by atoms with van der Waals surface area (Å²) in [6, 6.07) is 8.45. The molecule has 1 aromatic carbocycles. The van der Waals surface area contributed by atoms with E-state index in [-0.39, 0.29) is 6.54 Å². The highest BCUT2D eigenvalue weighted by atomic mass is 16.8. The number of carbonyl (C=O) groups is 2. The molecule has 8 heteroatoms. The Morgan fingerprint density at radius 3 is 2.39 bits per heavy atom.